The summed E-state index contributed by atoms with van der Waals surface area (Å²) in [6.45, 7) is 5.19. The first-order valence-electron chi connectivity index (χ1n) is 4.96. The van der Waals surface area contributed by atoms with Gasteiger partial charge in [0.2, 0.25) is 5.78 Å². The number of hydrogen-bond acceptors (Lipinski definition) is 2. The van der Waals surface area contributed by atoms with E-state index in [4.69, 9.17) is 0 Å². The molecule has 3 heteroatoms. The fraction of sp³-hybridized carbons (Fsp3) is 0.333. The zero-order valence-electron chi connectivity index (χ0n) is 9.26. The lowest BCUT2D eigenvalue weighted by Gasteiger charge is -2.11. The summed E-state index contributed by atoms with van der Waals surface area (Å²) >= 11 is 0. The predicted octanol–water partition coefficient (Wildman–Crippen LogP) is 2.08. The highest BCUT2D eigenvalue weighted by Gasteiger charge is 2.11. The number of rotatable bonds is 3. The monoisotopic (exact) mass is 205 g/mol. The molecule has 0 atom stereocenters. The van der Waals surface area contributed by atoms with Crippen molar-refractivity contribution in [2.75, 3.05) is 5.32 Å². The van der Waals surface area contributed by atoms with Crippen LogP contribution in [0.1, 0.15) is 25.0 Å². The van der Waals surface area contributed by atoms with Crippen LogP contribution in [-0.2, 0) is 16.0 Å². The van der Waals surface area contributed by atoms with Gasteiger partial charge in [0.15, 0.2) is 0 Å². The third-order valence-electron chi connectivity index (χ3n) is 2.30. The number of carbonyl (C=O) groups excluding carboxylic acids is 2. The molecule has 1 aromatic carbocycles. The maximum atomic E-state index is 11.3. The van der Waals surface area contributed by atoms with Crippen molar-refractivity contribution in [3.05, 3.63) is 29.3 Å². The summed E-state index contributed by atoms with van der Waals surface area (Å²) in [5.74, 6) is -1.03. The number of ketones is 1. The first-order chi connectivity index (χ1) is 7.06. The van der Waals surface area contributed by atoms with Crippen LogP contribution in [0.15, 0.2) is 18.2 Å². The van der Waals surface area contributed by atoms with Crippen LogP contribution >= 0.6 is 0 Å². The number of amides is 1. The van der Waals surface area contributed by atoms with Crippen molar-refractivity contribution >= 4 is 17.4 Å². The summed E-state index contributed by atoms with van der Waals surface area (Å²) in [4.78, 5) is 22.1. The zero-order chi connectivity index (χ0) is 11.4. The third kappa shape index (κ3) is 2.65. The van der Waals surface area contributed by atoms with Crippen LogP contribution in [0.3, 0.4) is 0 Å². The second kappa shape index (κ2) is 4.73. The summed E-state index contributed by atoms with van der Waals surface area (Å²) < 4.78 is 0. The van der Waals surface area contributed by atoms with E-state index in [-0.39, 0.29) is 0 Å². The van der Waals surface area contributed by atoms with Crippen LogP contribution in [0.4, 0.5) is 5.69 Å². The average molecular weight is 205 g/mol. The lowest BCUT2D eigenvalue weighted by atomic mass is 10.1. The van der Waals surface area contributed by atoms with E-state index in [0.29, 0.717) is 0 Å². The van der Waals surface area contributed by atoms with E-state index in [1.807, 2.05) is 32.0 Å². The fourth-order valence-electron chi connectivity index (χ4n) is 1.40. The number of Topliss-reactive ketones (excluding diaryl/α,β-unsaturated/α-hetero) is 1. The SMILES string of the molecule is CCc1cccc(C)c1NC(=O)C(C)=O. The van der Waals surface area contributed by atoms with E-state index in [1.165, 1.54) is 6.92 Å². The maximum Gasteiger partial charge on any atom is 0.291 e. The molecule has 1 aromatic rings. The van der Waals surface area contributed by atoms with Gasteiger partial charge in [-0.2, -0.15) is 0 Å². The number of benzene rings is 1. The number of nitrogens with one attached hydrogen (secondary N) is 1. The molecule has 80 valence electrons. The van der Waals surface area contributed by atoms with Gasteiger partial charge in [-0.1, -0.05) is 25.1 Å². The minimum atomic E-state index is -0.556. The second-order valence-corrected chi connectivity index (χ2v) is 3.47. The summed E-state index contributed by atoms with van der Waals surface area (Å²) in [6.07, 6.45) is 0.829. The van der Waals surface area contributed by atoms with Gasteiger partial charge in [-0.15, -0.1) is 0 Å². The normalized spacial score (nSPS) is 9.80. The Balaban J connectivity index is 3.02. The minimum absolute atomic E-state index is 0.472. The van der Waals surface area contributed by atoms with Gasteiger partial charge >= 0.3 is 0 Å². The van der Waals surface area contributed by atoms with E-state index >= 15 is 0 Å². The molecule has 0 fully saturated rings. The van der Waals surface area contributed by atoms with E-state index in [0.717, 1.165) is 23.2 Å². The summed E-state index contributed by atoms with van der Waals surface area (Å²) in [7, 11) is 0. The lowest BCUT2D eigenvalue weighted by Crippen LogP contribution is -2.21. The summed E-state index contributed by atoms with van der Waals surface area (Å²) in [6, 6.07) is 5.80. The van der Waals surface area contributed by atoms with Crippen molar-refractivity contribution in [1.82, 2.24) is 0 Å². The van der Waals surface area contributed by atoms with Gasteiger partial charge in [0.05, 0.1) is 0 Å². The number of para-hydroxylation sites is 1. The molecule has 0 radical (unpaired) electrons. The third-order valence-corrected chi connectivity index (χ3v) is 2.30. The molecule has 1 N–H and O–H groups in total. The molecular formula is C12H15NO2. The largest absolute Gasteiger partial charge is 0.319 e. The van der Waals surface area contributed by atoms with E-state index in [1.54, 1.807) is 0 Å². The van der Waals surface area contributed by atoms with Gasteiger partial charge in [0.25, 0.3) is 5.91 Å². The predicted molar refractivity (Wildman–Crippen MR) is 59.9 cm³/mol. The highest BCUT2D eigenvalue weighted by atomic mass is 16.2. The number of carbonyl (C=O) groups is 2. The van der Waals surface area contributed by atoms with Crippen molar-refractivity contribution in [3.8, 4) is 0 Å². The van der Waals surface area contributed by atoms with Crippen LogP contribution in [0.5, 0.6) is 0 Å². The van der Waals surface area contributed by atoms with Crippen LogP contribution in [0.2, 0.25) is 0 Å². The Morgan fingerprint density at radius 3 is 2.53 bits per heavy atom. The number of aryl methyl sites for hydroxylation is 2. The number of hydrogen-bond donors (Lipinski definition) is 1. The highest BCUT2D eigenvalue weighted by Crippen LogP contribution is 2.20. The Morgan fingerprint density at radius 2 is 2.00 bits per heavy atom. The fourth-order valence-corrected chi connectivity index (χ4v) is 1.40. The Bertz CT molecular complexity index is 397. The standard InChI is InChI=1S/C12H15NO2/c1-4-10-7-5-6-8(2)11(10)13-12(15)9(3)14/h5-7H,4H2,1-3H3,(H,13,15). The molecule has 0 unspecified atom stereocenters. The van der Waals surface area contributed by atoms with Crippen LogP contribution in [-0.4, -0.2) is 11.7 Å². The first kappa shape index (κ1) is 11.4. The van der Waals surface area contributed by atoms with E-state index in [9.17, 15) is 9.59 Å². The zero-order valence-corrected chi connectivity index (χ0v) is 9.26. The molecule has 0 aliphatic rings. The molecule has 0 saturated heterocycles. The summed E-state index contributed by atoms with van der Waals surface area (Å²) in [5.41, 5.74) is 2.79. The van der Waals surface area contributed by atoms with Crippen LogP contribution in [0, 0.1) is 6.92 Å². The van der Waals surface area contributed by atoms with Gasteiger partial charge in [0.1, 0.15) is 0 Å². The smallest absolute Gasteiger partial charge is 0.291 e. The Hall–Kier alpha value is -1.64. The van der Waals surface area contributed by atoms with Crippen molar-refractivity contribution in [2.45, 2.75) is 27.2 Å². The molecule has 0 saturated carbocycles. The minimum Gasteiger partial charge on any atom is -0.319 e. The summed E-state index contributed by atoms with van der Waals surface area (Å²) in [5, 5.41) is 2.64. The first-order valence-corrected chi connectivity index (χ1v) is 4.96. The van der Waals surface area contributed by atoms with Gasteiger partial charge in [-0.25, -0.2) is 0 Å². The molecule has 0 spiro atoms. The average Bonchev–Trinajstić information content (AvgIpc) is 2.20. The van der Waals surface area contributed by atoms with Gasteiger partial charge in [0, 0.05) is 12.6 Å². The van der Waals surface area contributed by atoms with Gasteiger partial charge in [-0.3, -0.25) is 9.59 Å². The second-order valence-electron chi connectivity index (χ2n) is 3.47. The molecule has 0 aliphatic heterocycles. The molecule has 0 heterocycles. The quantitative estimate of drug-likeness (QED) is 0.768. The Labute approximate surface area is 89.5 Å². The van der Waals surface area contributed by atoms with Gasteiger partial charge in [-0.05, 0) is 24.5 Å². The highest BCUT2D eigenvalue weighted by molar-refractivity contribution is 6.39. The van der Waals surface area contributed by atoms with Gasteiger partial charge < -0.3 is 5.32 Å². The van der Waals surface area contributed by atoms with Crippen molar-refractivity contribution in [1.29, 1.82) is 0 Å². The molecule has 0 aromatic heterocycles. The Morgan fingerprint density at radius 1 is 1.33 bits per heavy atom. The van der Waals surface area contributed by atoms with Crippen molar-refractivity contribution in [2.24, 2.45) is 0 Å². The lowest BCUT2D eigenvalue weighted by molar-refractivity contribution is -0.133. The molecule has 1 amide bonds. The Kier molecular flexibility index (Phi) is 3.61. The van der Waals surface area contributed by atoms with Crippen molar-refractivity contribution in [3.63, 3.8) is 0 Å². The van der Waals surface area contributed by atoms with Crippen molar-refractivity contribution < 1.29 is 9.59 Å². The molecule has 0 bridgehead atoms. The molecule has 15 heavy (non-hydrogen) atoms. The van der Waals surface area contributed by atoms with Crippen LogP contribution < -0.4 is 5.32 Å². The maximum absolute atomic E-state index is 11.3. The van der Waals surface area contributed by atoms with E-state index < -0.39 is 11.7 Å². The number of anilines is 1. The topological polar surface area (TPSA) is 46.2 Å². The molecule has 3 nitrogen and oxygen atoms in total. The van der Waals surface area contributed by atoms with Crippen LogP contribution in [0.25, 0.3) is 0 Å². The van der Waals surface area contributed by atoms with E-state index in [2.05, 4.69) is 5.32 Å². The molecular weight excluding hydrogens is 190 g/mol. The molecule has 0 aliphatic carbocycles. The molecule has 1 rings (SSSR count).